The van der Waals surface area contributed by atoms with Crippen LogP contribution in [-0.4, -0.2) is 29.2 Å². The molecule has 0 saturated heterocycles. The first-order chi connectivity index (χ1) is 13.5. The van der Waals surface area contributed by atoms with Crippen molar-refractivity contribution in [2.75, 3.05) is 12.4 Å². The topological polar surface area (TPSA) is 81.2 Å². The lowest BCUT2D eigenvalue weighted by atomic mass is 10.1. The summed E-state index contributed by atoms with van der Waals surface area (Å²) < 4.78 is 4.67. The number of carbonyl (C=O) groups is 2. The van der Waals surface area contributed by atoms with E-state index in [1.807, 2.05) is 31.2 Å². The van der Waals surface area contributed by atoms with E-state index in [-0.39, 0.29) is 10.9 Å². The Hall–Kier alpha value is -3.03. The van der Waals surface area contributed by atoms with Gasteiger partial charge >= 0.3 is 5.97 Å². The summed E-state index contributed by atoms with van der Waals surface area (Å²) in [6.45, 7) is 1.97. The van der Waals surface area contributed by atoms with Gasteiger partial charge in [0.25, 0.3) is 5.91 Å². The van der Waals surface area contributed by atoms with Crippen molar-refractivity contribution in [3.63, 3.8) is 0 Å². The third-order valence-electron chi connectivity index (χ3n) is 3.76. The summed E-state index contributed by atoms with van der Waals surface area (Å²) in [7, 11) is 1.33. The molecule has 0 radical (unpaired) electrons. The van der Waals surface area contributed by atoms with Gasteiger partial charge in [-0.05, 0) is 42.8 Å². The molecule has 142 valence electrons. The van der Waals surface area contributed by atoms with Crippen molar-refractivity contribution in [1.29, 1.82) is 0 Å². The molecule has 1 aromatic heterocycles. The van der Waals surface area contributed by atoms with Crippen LogP contribution in [0.4, 0.5) is 5.69 Å². The van der Waals surface area contributed by atoms with Crippen molar-refractivity contribution in [3.8, 4) is 0 Å². The van der Waals surface area contributed by atoms with Crippen molar-refractivity contribution in [1.82, 2.24) is 10.2 Å². The number of carbonyl (C=O) groups excluding carboxylic acids is 2. The number of anilines is 1. The highest BCUT2D eigenvalue weighted by Gasteiger charge is 2.15. The molecule has 1 amide bonds. The fourth-order valence-corrected chi connectivity index (χ4v) is 3.20. The third-order valence-corrected chi connectivity index (χ3v) is 5.11. The minimum Gasteiger partial charge on any atom is -0.465 e. The molecule has 0 aliphatic carbocycles. The predicted octanol–water partition coefficient (Wildman–Crippen LogP) is 4.62. The zero-order valence-electron chi connectivity index (χ0n) is 15.1. The Balaban J connectivity index is 1.71. The van der Waals surface area contributed by atoms with Gasteiger partial charge in [0.15, 0.2) is 5.01 Å². The standard InChI is InChI=1S/C20H16ClN3O3S/c1-12-3-9-15(10-4-12)22-17(25)19-24-23-18(28-19)16(21)11-13-5-7-14(8-6-13)20(26)27-2/h3-11H,1-2H3,(H,22,25)/b16-11-. The Labute approximate surface area is 170 Å². The highest BCUT2D eigenvalue weighted by Crippen LogP contribution is 2.26. The van der Waals surface area contributed by atoms with Gasteiger partial charge in [-0.1, -0.05) is 52.8 Å². The van der Waals surface area contributed by atoms with Crippen LogP contribution in [0.1, 0.15) is 36.3 Å². The number of halogens is 1. The van der Waals surface area contributed by atoms with Gasteiger partial charge in [-0.15, -0.1) is 10.2 Å². The van der Waals surface area contributed by atoms with Crippen molar-refractivity contribution >= 4 is 51.6 Å². The van der Waals surface area contributed by atoms with Gasteiger partial charge < -0.3 is 10.1 Å². The SMILES string of the molecule is COC(=O)c1ccc(/C=C(\Cl)c2nnc(C(=O)Nc3ccc(C)cc3)s2)cc1. The zero-order chi connectivity index (χ0) is 20.1. The maximum absolute atomic E-state index is 12.3. The van der Waals surface area contributed by atoms with E-state index < -0.39 is 5.97 Å². The van der Waals surface area contributed by atoms with Gasteiger partial charge in [0, 0.05) is 5.69 Å². The summed E-state index contributed by atoms with van der Waals surface area (Å²) in [5.74, 6) is -0.755. The van der Waals surface area contributed by atoms with Gasteiger partial charge in [0.2, 0.25) is 5.01 Å². The number of aryl methyl sites for hydroxylation is 1. The summed E-state index contributed by atoms with van der Waals surface area (Å²) >= 11 is 7.41. The number of ether oxygens (including phenoxy) is 1. The number of aromatic nitrogens is 2. The normalized spacial score (nSPS) is 11.2. The number of hydrogen-bond acceptors (Lipinski definition) is 6. The van der Waals surface area contributed by atoms with Crippen LogP contribution in [0.5, 0.6) is 0 Å². The first-order valence-corrected chi connectivity index (χ1v) is 9.43. The van der Waals surface area contributed by atoms with E-state index >= 15 is 0 Å². The van der Waals surface area contributed by atoms with E-state index in [0.29, 0.717) is 21.3 Å². The van der Waals surface area contributed by atoms with Gasteiger partial charge in [-0.3, -0.25) is 4.79 Å². The van der Waals surface area contributed by atoms with Gasteiger partial charge in [-0.2, -0.15) is 0 Å². The molecule has 0 spiro atoms. The molecular formula is C20H16ClN3O3S. The number of methoxy groups -OCH3 is 1. The molecule has 0 atom stereocenters. The van der Waals surface area contributed by atoms with Crippen LogP contribution in [0.3, 0.4) is 0 Å². The van der Waals surface area contributed by atoms with Crippen LogP contribution >= 0.6 is 22.9 Å². The fraction of sp³-hybridized carbons (Fsp3) is 0.100. The first kappa shape index (κ1) is 19.7. The first-order valence-electron chi connectivity index (χ1n) is 8.24. The van der Waals surface area contributed by atoms with E-state index in [4.69, 9.17) is 11.6 Å². The lowest BCUT2D eigenvalue weighted by Gasteiger charge is -2.02. The highest BCUT2D eigenvalue weighted by molar-refractivity contribution is 7.15. The molecule has 0 aliphatic rings. The second-order valence-corrected chi connectivity index (χ2v) is 7.22. The minimum absolute atomic E-state index is 0.211. The van der Waals surface area contributed by atoms with E-state index in [9.17, 15) is 9.59 Å². The summed E-state index contributed by atoms with van der Waals surface area (Å²) in [4.78, 5) is 23.8. The summed E-state index contributed by atoms with van der Waals surface area (Å²) in [6.07, 6.45) is 1.69. The van der Waals surface area contributed by atoms with Gasteiger partial charge in [0.05, 0.1) is 17.7 Å². The van der Waals surface area contributed by atoms with E-state index in [1.54, 1.807) is 30.3 Å². The van der Waals surface area contributed by atoms with Crippen LogP contribution in [0.2, 0.25) is 0 Å². The summed E-state index contributed by atoms with van der Waals surface area (Å²) in [5, 5.41) is 11.6. The Morgan fingerprint density at radius 2 is 1.68 bits per heavy atom. The van der Waals surface area contributed by atoms with Crippen LogP contribution in [0.25, 0.3) is 11.1 Å². The molecule has 0 unspecified atom stereocenters. The summed E-state index contributed by atoms with van der Waals surface area (Å²) in [6, 6.07) is 14.2. The zero-order valence-corrected chi connectivity index (χ0v) is 16.7. The smallest absolute Gasteiger partial charge is 0.337 e. The van der Waals surface area contributed by atoms with E-state index in [1.165, 1.54) is 7.11 Å². The molecule has 0 saturated carbocycles. The quantitative estimate of drug-likeness (QED) is 0.617. The Kier molecular flexibility index (Phi) is 6.18. The van der Waals surface area contributed by atoms with Crippen LogP contribution in [0, 0.1) is 6.92 Å². The predicted molar refractivity (Wildman–Crippen MR) is 111 cm³/mol. The highest BCUT2D eigenvalue weighted by atomic mass is 35.5. The number of benzene rings is 2. The van der Waals surface area contributed by atoms with Crippen molar-refractivity contribution in [2.45, 2.75) is 6.92 Å². The second-order valence-electron chi connectivity index (χ2n) is 5.84. The summed E-state index contributed by atoms with van der Waals surface area (Å²) in [5.41, 5.74) is 3.01. The lowest BCUT2D eigenvalue weighted by Crippen LogP contribution is -2.11. The molecule has 6 nitrogen and oxygen atoms in total. The molecule has 0 bridgehead atoms. The average molecular weight is 414 g/mol. The van der Waals surface area contributed by atoms with Gasteiger partial charge in [-0.25, -0.2) is 4.79 Å². The van der Waals surface area contributed by atoms with Gasteiger partial charge in [0.1, 0.15) is 0 Å². The fourth-order valence-electron chi connectivity index (χ4n) is 2.27. The molecule has 0 aliphatic heterocycles. The van der Waals surface area contributed by atoms with Crippen LogP contribution < -0.4 is 5.32 Å². The molecule has 3 rings (SSSR count). The lowest BCUT2D eigenvalue weighted by molar-refractivity contribution is 0.0600. The molecule has 3 aromatic rings. The largest absolute Gasteiger partial charge is 0.465 e. The average Bonchev–Trinajstić information content (AvgIpc) is 3.20. The number of hydrogen-bond donors (Lipinski definition) is 1. The Bertz CT molecular complexity index is 1030. The number of esters is 1. The minimum atomic E-state index is -0.407. The van der Waals surface area contributed by atoms with Crippen molar-refractivity contribution < 1.29 is 14.3 Å². The molecule has 0 fully saturated rings. The van der Waals surface area contributed by atoms with Crippen molar-refractivity contribution in [2.24, 2.45) is 0 Å². The maximum atomic E-state index is 12.3. The Morgan fingerprint density at radius 3 is 2.32 bits per heavy atom. The molecule has 1 heterocycles. The monoisotopic (exact) mass is 413 g/mol. The maximum Gasteiger partial charge on any atom is 0.337 e. The molecule has 8 heteroatoms. The number of nitrogens with one attached hydrogen (secondary N) is 1. The van der Waals surface area contributed by atoms with Crippen molar-refractivity contribution in [3.05, 3.63) is 75.2 Å². The van der Waals surface area contributed by atoms with E-state index in [0.717, 1.165) is 22.5 Å². The molecular weight excluding hydrogens is 398 g/mol. The third kappa shape index (κ3) is 4.82. The molecule has 1 N–H and O–H groups in total. The second kappa shape index (κ2) is 8.77. The van der Waals surface area contributed by atoms with Crippen LogP contribution in [0.15, 0.2) is 48.5 Å². The Morgan fingerprint density at radius 1 is 1.04 bits per heavy atom. The number of amides is 1. The van der Waals surface area contributed by atoms with Crippen LogP contribution in [-0.2, 0) is 4.74 Å². The number of nitrogens with zero attached hydrogens (tertiary/aromatic N) is 2. The molecule has 28 heavy (non-hydrogen) atoms. The molecule has 2 aromatic carbocycles. The van der Waals surface area contributed by atoms with E-state index in [2.05, 4.69) is 20.3 Å². The number of rotatable bonds is 5.